The number of H-pyrrole nitrogens is 1. The molecule has 3 heterocycles. The van der Waals surface area contributed by atoms with Gasteiger partial charge in [-0.25, -0.2) is 0 Å². The molecule has 1 N–H and O–H groups in total. The van der Waals surface area contributed by atoms with Crippen molar-refractivity contribution in [2.24, 2.45) is 0 Å². The van der Waals surface area contributed by atoms with E-state index in [1.807, 2.05) is 26.0 Å². The van der Waals surface area contributed by atoms with E-state index in [0.717, 1.165) is 59.5 Å². The summed E-state index contributed by atoms with van der Waals surface area (Å²) in [6, 6.07) is 14.9. The highest BCUT2D eigenvalue weighted by Gasteiger charge is 2.49. The van der Waals surface area contributed by atoms with Gasteiger partial charge in [0.05, 0.1) is 0 Å². The van der Waals surface area contributed by atoms with Crippen LogP contribution in [0.5, 0.6) is 5.75 Å². The van der Waals surface area contributed by atoms with Crippen molar-refractivity contribution in [2.45, 2.75) is 90.2 Å². The van der Waals surface area contributed by atoms with Gasteiger partial charge in [-0.2, -0.15) is 0 Å². The third-order valence-electron chi connectivity index (χ3n) is 9.27. The van der Waals surface area contributed by atoms with Crippen molar-refractivity contribution in [3.8, 4) is 16.9 Å². The van der Waals surface area contributed by atoms with Gasteiger partial charge in [-0.3, -0.25) is 14.5 Å². The molecule has 0 radical (unpaired) electrons. The quantitative estimate of drug-likeness (QED) is 0.342. The van der Waals surface area contributed by atoms with Gasteiger partial charge in [-0.1, -0.05) is 30.7 Å². The average molecular weight is 525 g/mol. The largest absolute Gasteiger partial charge is 0.486 e. The van der Waals surface area contributed by atoms with E-state index in [-0.39, 0.29) is 16.9 Å². The fraction of sp³-hybridized carbons (Fsp3) is 0.471. The number of rotatable bonds is 7. The summed E-state index contributed by atoms with van der Waals surface area (Å²) >= 11 is 0. The molecule has 1 aromatic heterocycles. The number of pyridine rings is 1. The first-order valence-corrected chi connectivity index (χ1v) is 14.7. The number of carbonyl (C=O) groups excluding carboxylic acids is 1. The molecule has 39 heavy (non-hydrogen) atoms. The standard InChI is InChI=1S/C34H40N2O3/c1-22-18-23(2)35-33(38)27(22)13-14-31(37)26-19-28(32-29(20-26)30-8-7-15-34(30,3)39-32)25-11-9-24(10-12-25)21-36-16-5-4-6-17-36/h9-12,18-20,30H,4-8,13-17,21H2,1-3H3,(H,35,38)/t30-,34-/m0/s1. The Morgan fingerprint density at radius 1 is 1.05 bits per heavy atom. The van der Waals surface area contributed by atoms with Gasteiger partial charge in [-0.15, -0.1) is 0 Å². The van der Waals surface area contributed by atoms with Crippen LogP contribution in [-0.4, -0.2) is 34.4 Å². The lowest BCUT2D eigenvalue weighted by Crippen LogP contribution is -2.29. The monoisotopic (exact) mass is 524 g/mol. The number of piperidine rings is 1. The van der Waals surface area contributed by atoms with E-state index in [2.05, 4.69) is 47.1 Å². The zero-order valence-electron chi connectivity index (χ0n) is 23.6. The Bertz CT molecular complexity index is 1450. The highest BCUT2D eigenvalue weighted by atomic mass is 16.5. The Morgan fingerprint density at radius 3 is 2.56 bits per heavy atom. The number of nitrogens with one attached hydrogen (secondary N) is 1. The number of likely N-dealkylation sites (tertiary alicyclic amines) is 1. The summed E-state index contributed by atoms with van der Waals surface area (Å²) < 4.78 is 6.70. The Morgan fingerprint density at radius 2 is 1.82 bits per heavy atom. The number of carbonyl (C=O) groups is 1. The van der Waals surface area contributed by atoms with Gasteiger partial charge in [0.25, 0.3) is 5.56 Å². The van der Waals surface area contributed by atoms with Crippen molar-refractivity contribution in [3.63, 3.8) is 0 Å². The van der Waals surface area contributed by atoms with Crippen molar-refractivity contribution in [3.05, 3.63) is 86.3 Å². The highest BCUT2D eigenvalue weighted by molar-refractivity contribution is 5.98. The second kappa shape index (κ2) is 10.4. The molecule has 204 valence electrons. The van der Waals surface area contributed by atoms with Crippen LogP contribution in [-0.2, 0) is 13.0 Å². The SMILES string of the molecule is Cc1cc(C)c(CCC(=O)c2cc(-c3ccc(CN4CCCCC4)cc3)c3c(c2)[C@@H]2CCC[C@]2(C)O3)c(=O)[nH]1. The Hall–Kier alpha value is -3.18. The van der Waals surface area contributed by atoms with Gasteiger partial charge in [0.1, 0.15) is 11.4 Å². The van der Waals surface area contributed by atoms with E-state index in [1.165, 1.54) is 43.5 Å². The number of ketones is 1. The molecule has 3 aliphatic rings. The molecule has 5 nitrogen and oxygen atoms in total. The van der Waals surface area contributed by atoms with Gasteiger partial charge in [0.2, 0.25) is 0 Å². The molecule has 1 aliphatic carbocycles. The van der Waals surface area contributed by atoms with Crippen LogP contribution in [0.3, 0.4) is 0 Å². The number of nitrogens with zero attached hydrogens (tertiary/aromatic N) is 1. The predicted molar refractivity (Wildman–Crippen MR) is 156 cm³/mol. The molecule has 0 bridgehead atoms. The third-order valence-corrected chi connectivity index (χ3v) is 9.27. The molecule has 1 saturated heterocycles. The van der Waals surface area contributed by atoms with E-state index in [4.69, 9.17) is 4.74 Å². The van der Waals surface area contributed by atoms with Crippen LogP contribution in [0.4, 0.5) is 0 Å². The van der Waals surface area contributed by atoms with Crippen LogP contribution in [0.1, 0.15) is 96.1 Å². The summed E-state index contributed by atoms with van der Waals surface area (Å²) in [5, 5.41) is 0. The Balaban J connectivity index is 1.30. The third kappa shape index (κ3) is 5.09. The van der Waals surface area contributed by atoms with Crippen LogP contribution in [0.25, 0.3) is 11.1 Å². The van der Waals surface area contributed by atoms with Gasteiger partial charge in [0.15, 0.2) is 5.78 Å². The molecule has 2 aliphatic heterocycles. The molecule has 0 spiro atoms. The summed E-state index contributed by atoms with van der Waals surface area (Å²) in [4.78, 5) is 31.5. The molecule has 1 saturated carbocycles. The van der Waals surface area contributed by atoms with Crippen molar-refractivity contribution >= 4 is 5.78 Å². The first kappa shape index (κ1) is 26.1. The maximum Gasteiger partial charge on any atom is 0.251 e. The van der Waals surface area contributed by atoms with Gasteiger partial charge < -0.3 is 9.72 Å². The summed E-state index contributed by atoms with van der Waals surface area (Å²) in [7, 11) is 0. The lowest BCUT2D eigenvalue weighted by molar-refractivity contribution is 0.0982. The van der Waals surface area contributed by atoms with Crippen LogP contribution < -0.4 is 10.3 Å². The summed E-state index contributed by atoms with van der Waals surface area (Å²) in [6.07, 6.45) is 7.96. The topological polar surface area (TPSA) is 62.4 Å². The average Bonchev–Trinajstić information content (AvgIpc) is 3.42. The minimum Gasteiger partial charge on any atom is -0.486 e. The smallest absolute Gasteiger partial charge is 0.251 e. The van der Waals surface area contributed by atoms with E-state index < -0.39 is 0 Å². The first-order valence-electron chi connectivity index (χ1n) is 14.7. The number of aromatic amines is 1. The van der Waals surface area contributed by atoms with Crippen molar-refractivity contribution in [2.75, 3.05) is 13.1 Å². The summed E-state index contributed by atoms with van der Waals surface area (Å²) in [6.45, 7) is 9.41. The molecule has 0 unspecified atom stereocenters. The van der Waals surface area contributed by atoms with Gasteiger partial charge >= 0.3 is 0 Å². The van der Waals surface area contributed by atoms with E-state index >= 15 is 0 Å². The number of fused-ring (bicyclic) bond motifs is 3. The van der Waals surface area contributed by atoms with Crippen LogP contribution in [0, 0.1) is 13.8 Å². The van der Waals surface area contributed by atoms with E-state index in [0.29, 0.717) is 24.3 Å². The molecule has 0 amide bonds. The number of Topliss-reactive ketones (excluding diaryl/α,β-unsaturated/α-hetero) is 1. The highest BCUT2D eigenvalue weighted by Crippen LogP contribution is 2.56. The second-order valence-corrected chi connectivity index (χ2v) is 12.2. The Labute approximate surface area is 231 Å². The zero-order valence-corrected chi connectivity index (χ0v) is 23.6. The van der Waals surface area contributed by atoms with Gasteiger partial charge in [0, 0.05) is 46.8 Å². The minimum absolute atomic E-state index is 0.0757. The molecule has 2 aromatic carbocycles. The lowest BCUT2D eigenvalue weighted by atomic mass is 9.85. The van der Waals surface area contributed by atoms with Crippen LogP contribution in [0.15, 0.2) is 47.3 Å². The van der Waals surface area contributed by atoms with Crippen molar-refractivity contribution in [1.29, 1.82) is 0 Å². The summed E-state index contributed by atoms with van der Waals surface area (Å²) in [5.74, 6) is 1.35. The number of aromatic nitrogens is 1. The van der Waals surface area contributed by atoms with Gasteiger partial charge in [-0.05, 0) is 107 Å². The molecule has 5 heteroatoms. The predicted octanol–water partition coefficient (Wildman–Crippen LogP) is 6.88. The number of benzene rings is 2. The minimum atomic E-state index is -0.195. The normalized spacial score (nSPS) is 22.4. The van der Waals surface area contributed by atoms with E-state index in [1.54, 1.807) is 0 Å². The first-order chi connectivity index (χ1) is 18.8. The Kier molecular flexibility index (Phi) is 6.96. The number of hydrogen-bond donors (Lipinski definition) is 1. The number of aryl methyl sites for hydroxylation is 2. The second-order valence-electron chi connectivity index (χ2n) is 12.2. The lowest BCUT2D eigenvalue weighted by Gasteiger charge is -2.26. The fourth-order valence-electron chi connectivity index (χ4n) is 7.12. The molecule has 2 fully saturated rings. The van der Waals surface area contributed by atoms with Crippen molar-refractivity contribution in [1.82, 2.24) is 9.88 Å². The summed E-state index contributed by atoms with van der Waals surface area (Å²) in [5.41, 5.74) is 7.54. The van der Waals surface area contributed by atoms with Crippen molar-refractivity contribution < 1.29 is 9.53 Å². The number of hydrogen-bond acceptors (Lipinski definition) is 4. The molecule has 2 atom stereocenters. The number of ether oxygens (including phenoxy) is 1. The zero-order chi connectivity index (χ0) is 27.1. The maximum absolute atomic E-state index is 13.6. The van der Waals surface area contributed by atoms with E-state index in [9.17, 15) is 9.59 Å². The molecular weight excluding hydrogens is 484 g/mol. The van der Waals surface area contributed by atoms with Crippen LogP contribution in [0.2, 0.25) is 0 Å². The fourth-order valence-corrected chi connectivity index (χ4v) is 7.12. The maximum atomic E-state index is 13.6. The van der Waals surface area contributed by atoms with Crippen LogP contribution >= 0.6 is 0 Å². The molecular formula is C34H40N2O3. The molecule has 6 rings (SSSR count). The molecule has 3 aromatic rings.